The van der Waals surface area contributed by atoms with E-state index in [0.717, 1.165) is 24.2 Å². The van der Waals surface area contributed by atoms with Crippen molar-refractivity contribution in [2.45, 2.75) is 32.9 Å². The number of hydrogen-bond donors (Lipinski definition) is 1. The minimum atomic E-state index is -0.152. The number of rotatable bonds is 4. The molecule has 4 heteroatoms. The minimum Gasteiger partial charge on any atom is -0.382 e. The number of aliphatic imine (C=N–C) groups is 1. The lowest BCUT2D eigenvalue weighted by Gasteiger charge is -2.52. The lowest BCUT2D eigenvalue weighted by Crippen LogP contribution is -2.56. The van der Waals surface area contributed by atoms with E-state index in [1.807, 2.05) is 24.3 Å². The summed E-state index contributed by atoms with van der Waals surface area (Å²) in [5.41, 5.74) is 11.0. The maximum Gasteiger partial charge on any atom is 0.175 e. The number of anilines is 2. The van der Waals surface area contributed by atoms with Crippen LogP contribution in [0.5, 0.6) is 0 Å². The molecule has 1 atom stereocenters. The van der Waals surface area contributed by atoms with E-state index in [2.05, 4.69) is 72.3 Å². The van der Waals surface area contributed by atoms with Crippen LogP contribution >= 0.6 is 0 Å². The van der Waals surface area contributed by atoms with Crippen LogP contribution in [0.15, 0.2) is 77.8 Å². The second-order valence-corrected chi connectivity index (χ2v) is 7.18. The van der Waals surface area contributed by atoms with Crippen LogP contribution < -0.4 is 15.5 Å². The minimum absolute atomic E-state index is 0.0159. The average molecular weight is 358 g/mol. The lowest BCUT2D eigenvalue weighted by atomic mass is 9.67. The van der Waals surface area contributed by atoms with E-state index in [-0.39, 0.29) is 11.6 Å². The molecule has 0 saturated heterocycles. The van der Waals surface area contributed by atoms with Gasteiger partial charge in [-0.3, -0.25) is 0 Å². The smallest absolute Gasteiger partial charge is 0.175 e. The molecule has 138 valence electrons. The van der Waals surface area contributed by atoms with Gasteiger partial charge in [0.2, 0.25) is 0 Å². The zero-order valence-electron chi connectivity index (χ0n) is 16.0. The van der Waals surface area contributed by atoms with Crippen molar-refractivity contribution in [2.24, 2.45) is 16.1 Å². The van der Waals surface area contributed by atoms with Crippen molar-refractivity contribution in [2.75, 3.05) is 9.80 Å². The molecular weight excluding hydrogens is 332 g/mol. The quantitative estimate of drug-likeness (QED) is 0.786. The van der Waals surface area contributed by atoms with Gasteiger partial charge in [0.05, 0.1) is 5.69 Å². The molecule has 2 aliphatic heterocycles. The Balaban J connectivity index is 2.03. The molecule has 2 heterocycles. The SMILES string of the molecule is C=NC1=C(N)N2c3ccccc3C(=C)C(CC)(CC)C2N1c1ccccc1. The predicted molar refractivity (Wildman–Crippen MR) is 114 cm³/mol. The van der Waals surface area contributed by atoms with Crippen molar-refractivity contribution in [1.82, 2.24) is 0 Å². The topological polar surface area (TPSA) is 44.9 Å². The summed E-state index contributed by atoms with van der Waals surface area (Å²) >= 11 is 0. The second kappa shape index (κ2) is 6.31. The van der Waals surface area contributed by atoms with E-state index >= 15 is 0 Å². The Morgan fingerprint density at radius 3 is 2.26 bits per heavy atom. The van der Waals surface area contributed by atoms with Gasteiger partial charge in [0, 0.05) is 16.7 Å². The average Bonchev–Trinajstić information content (AvgIpc) is 3.02. The van der Waals surface area contributed by atoms with Crippen molar-refractivity contribution in [3.8, 4) is 0 Å². The Kier molecular flexibility index (Phi) is 4.06. The van der Waals surface area contributed by atoms with E-state index < -0.39 is 0 Å². The van der Waals surface area contributed by atoms with Crippen LogP contribution in [0.2, 0.25) is 0 Å². The first-order valence-electron chi connectivity index (χ1n) is 9.49. The molecule has 0 saturated carbocycles. The van der Waals surface area contributed by atoms with Crippen LogP contribution in [0, 0.1) is 5.41 Å². The molecule has 2 N–H and O–H groups in total. The summed E-state index contributed by atoms with van der Waals surface area (Å²) in [5.74, 6) is 1.35. The Labute approximate surface area is 161 Å². The molecule has 1 unspecified atom stereocenters. The summed E-state index contributed by atoms with van der Waals surface area (Å²) in [5, 5.41) is 0. The fourth-order valence-corrected chi connectivity index (χ4v) is 4.76. The monoisotopic (exact) mass is 358 g/mol. The molecule has 0 amide bonds. The molecule has 0 fully saturated rings. The van der Waals surface area contributed by atoms with E-state index in [0.29, 0.717) is 11.6 Å². The standard InChI is InChI=1S/C23H26N4/c1-5-23(6-2)16(3)18-14-10-11-15-19(18)27-20(24)21(25-4)26(22(23)27)17-12-8-7-9-13-17/h7-15,22H,3-6,24H2,1-2H3. The number of para-hydroxylation sites is 2. The highest BCUT2D eigenvalue weighted by Crippen LogP contribution is 2.57. The summed E-state index contributed by atoms with van der Waals surface area (Å²) in [6, 6.07) is 18.7. The van der Waals surface area contributed by atoms with Crippen LogP contribution in [0.25, 0.3) is 5.57 Å². The number of nitrogens with zero attached hydrogens (tertiary/aromatic N) is 3. The maximum absolute atomic E-state index is 6.66. The Bertz CT molecular complexity index is 924. The summed E-state index contributed by atoms with van der Waals surface area (Å²) in [7, 11) is 0. The first-order valence-corrected chi connectivity index (χ1v) is 9.49. The molecule has 2 aromatic rings. The highest BCUT2D eigenvalue weighted by molar-refractivity contribution is 5.87. The zero-order chi connectivity index (χ0) is 19.2. The summed E-state index contributed by atoms with van der Waals surface area (Å²) in [6.07, 6.45) is 1.90. The highest BCUT2D eigenvalue weighted by atomic mass is 15.5. The summed E-state index contributed by atoms with van der Waals surface area (Å²) in [6.45, 7) is 12.9. The summed E-state index contributed by atoms with van der Waals surface area (Å²) in [4.78, 5) is 8.80. The molecule has 0 aromatic heterocycles. The van der Waals surface area contributed by atoms with Gasteiger partial charge >= 0.3 is 0 Å². The van der Waals surface area contributed by atoms with Crippen LogP contribution in [0.3, 0.4) is 0 Å². The summed E-state index contributed by atoms with van der Waals surface area (Å²) < 4.78 is 0. The van der Waals surface area contributed by atoms with Gasteiger partial charge in [0.15, 0.2) is 5.82 Å². The molecule has 0 spiro atoms. The predicted octanol–water partition coefficient (Wildman–Crippen LogP) is 4.96. The largest absolute Gasteiger partial charge is 0.382 e. The van der Waals surface area contributed by atoms with Gasteiger partial charge < -0.3 is 15.5 Å². The van der Waals surface area contributed by atoms with Crippen LogP contribution in [-0.2, 0) is 0 Å². The fourth-order valence-electron chi connectivity index (χ4n) is 4.76. The van der Waals surface area contributed by atoms with E-state index in [9.17, 15) is 0 Å². The molecule has 2 aliphatic rings. The lowest BCUT2D eigenvalue weighted by molar-refractivity contribution is 0.289. The molecule has 0 bridgehead atoms. The molecular formula is C23H26N4. The van der Waals surface area contributed by atoms with Crippen molar-refractivity contribution in [3.05, 3.63) is 78.4 Å². The number of fused-ring (bicyclic) bond motifs is 3. The van der Waals surface area contributed by atoms with E-state index in [4.69, 9.17) is 5.73 Å². The first-order chi connectivity index (χ1) is 13.1. The van der Waals surface area contributed by atoms with Crippen molar-refractivity contribution >= 4 is 23.7 Å². The molecule has 2 aromatic carbocycles. The molecule has 0 aliphatic carbocycles. The van der Waals surface area contributed by atoms with Gasteiger partial charge in [-0.15, -0.1) is 0 Å². The van der Waals surface area contributed by atoms with E-state index in [1.54, 1.807) is 0 Å². The maximum atomic E-state index is 6.66. The van der Waals surface area contributed by atoms with Gasteiger partial charge in [-0.2, -0.15) is 0 Å². The zero-order valence-corrected chi connectivity index (χ0v) is 16.0. The van der Waals surface area contributed by atoms with Crippen molar-refractivity contribution in [1.29, 1.82) is 0 Å². The van der Waals surface area contributed by atoms with Crippen LogP contribution in [-0.4, -0.2) is 12.9 Å². The third kappa shape index (κ3) is 2.19. The number of hydrogen-bond acceptors (Lipinski definition) is 4. The fraction of sp³-hybridized carbons (Fsp3) is 0.261. The Morgan fingerprint density at radius 2 is 1.63 bits per heavy atom. The normalized spacial score (nSPS) is 20.5. The molecule has 27 heavy (non-hydrogen) atoms. The highest BCUT2D eigenvalue weighted by Gasteiger charge is 2.55. The second-order valence-electron chi connectivity index (χ2n) is 7.18. The van der Waals surface area contributed by atoms with Gasteiger partial charge in [0.1, 0.15) is 12.0 Å². The molecule has 4 rings (SSSR count). The van der Waals surface area contributed by atoms with Gasteiger partial charge in [-0.25, -0.2) is 4.99 Å². The van der Waals surface area contributed by atoms with Crippen LogP contribution in [0.4, 0.5) is 11.4 Å². The number of benzene rings is 2. The van der Waals surface area contributed by atoms with Gasteiger partial charge in [-0.1, -0.05) is 56.8 Å². The van der Waals surface area contributed by atoms with Crippen molar-refractivity contribution in [3.63, 3.8) is 0 Å². The Morgan fingerprint density at radius 1 is 1.00 bits per heavy atom. The third-order valence-corrected chi connectivity index (χ3v) is 6.24. The molecule has 0 radical (unpaired) electrons. The third-order valence-electron chi connectivity index (χ3n) is 6.24. The van der Waals surface area contributed by atoms with Gasteiger partial charge in [0.25, 0.3) is 0 Å². The number of nitrogens with two attached hydrogens (primary N) is 1. The van der Waals surface area contributed by atoms with Crippen molar-refractivity contribution < 1.29 is 0 Å². The molecule has 4 nitrogen and oxygen atoms in total. The van der Waals surface area contributed by atoms with E-state index in [1.165, 1.54) is 11.1 Å². The van der Waals surface area contributed by atoms with Gasteiger partial charge in [-0.05, 0) is 43.3 Å². The van der Waals surface area contributed by atoms with Crippen LogP contribution in [0.1, 0.15) is 32.3 Å². The Hall–Kier alpha value is -3.01. The first kappa shape index (κ1) is 17.4.